The molecule has 1 aromatic heterocycles. The van der Waals surface area contributed by atoms with E-state index in [1.165, 1.54) is 32.1 Å². The fourth-order valence-corrected chi connectivity index (χ4v) is 4.58. The lowest BCUT2D eigenvalue weighted by atomic mass is 9.97. The van der Waals surface area contributed by atoms with Crippen molar-refractivity contribution in [3.05, 3.63) is 47.2 Å². The third-order valence-corrected chi connectivity index (χ3v) is 6.07. The van der Waals surface area contributed by atoms with E-state index in [1.54, 1.807) is 6.92 Å². The lowest BCUT2D eigenvalue weighted by molar-refractivity contribution is -0.122. The van der Waals surface area contributed by atoms with E-state index in [9.17, 15) is 9.59 Å². The minimum absolute atomic E-state index is 0.00580. The lowest BCUT2D eigenvalue weighted by Crippen LogP contribution is -2.37. The summed E-state index contributed by atoms with van der Waals surface area (Å²) in [6, 6.07) is 10.2. The van der Waals surface area contributed by atoms with Crippen LogP contribution in [0.5, 0.6) is 0 Å². The average molecular weight is 411 g/mol. The van der Waals surface area contributed by atoms with Crippen LogP contribution in [0.1, 0.15) is 73.5 Å². The highest BCUT2D eigenvalue weighted by molar-refractivity contribution is 5.95. The summed E-state index contributed by atoms with van der Waals surface area (Å²) in [5, 5.41) is 3.25. The summed E-state index contributed by atoms with van der Waals surface area (Å²) >= 11 is 0. The molecule has 1 heterocycles. The zero-order chi connectivity index (χ0) is 21.5. The van der Waals surface area contributed by atoms with Gasteiger partial charge in [0.2, 0.25) is 5.91 Å². The van der Waals surface area contributed by atoms with Crippen molar-refractivity contribution >= 4 is 11.9 Å². The summed E-state index contributed by atoms with van der Waals surface area (Å²) < 4.78 is 7.26. The van der Waals surface area contributed by atoms with Crippen LogP contribution in [0.25, 0.3) is 11.3 Å². The molecule has 0 saturated heterocycles. The first kappa shape index (κ1) is 22.1. The summed E-state index contributed by atoms with van der Waals surface area (Å²) in [4.78, 5) is 25.6. The van der Waals surface area contributed by atoms with Gasteiger partial charge in [0.15, 0.2) is 0 Å². The van der Waals surface area contributed by atoms with E-state index in [4.69, 9.17) is 4.74 Å². The first-order chi connectivity index (χ1) is 14.5. The average Bonchev–Trinajstić information content (AvgIpc) is 2.94. The van der Waals surface area contributed by atoms with Crippen molar-refractivity contribution in [1.29, 1.82) is 0 Å². The second-order valence-corrected chi connectivity index (χ2v) is 8.22. The Bertz CT molecular complexity index is 862. The molecule has 1 fully saturated rings. The number of rotatable bonds is 6. The van der Waals surface area contributed by atoms with E-state index < -0.39 is 0 Å². The molecule has 1 N–H and O–H groups in total. The highest BCUT2D eigenvalue weighted by Crippen LogP contribution is 2.31. The molecule has 0 spiro atoms. The zero-order valence-corrected chi connectivity index (χ0v) is 18.5. The number of hydrogen-bond donors (Lipinski definition) is 1. The molecule has 5 nitrogen and oxygen atoms in total. The van der Waals surface area contributed by atoms with E-state index in [-0.39, 0.29) is 24.5 Å². The van der Waals surface area contributed by atoms with Crippen molar-refractivity contribution in [2.24, 2.45) is 0 Å². The number of hydrogen-bond acceptors (Lipinski definition) is 3. The SMILES string of the molecule is CCOC(=O)c1c(C)c(-c2ccccc2)n(CC(=O)NC2CCCCCCC2)c1C. The topological polar surface area (TPSA) is 60.3 Å². The van der Waals surface area contributed by atoms with Crippen LogP contribution in [0, 0.1) is 13.8 Å². The molecule has 1 aliphatic carbocycles. The van der Waals surface area contributed by atoms with Crippen LogP contribution < -0.4 is 5.32 Å². The van der Waals surface area contributed by atoms with E-state index in [0.29, 0.717) is 12.2 Å². The minimum Gasteiger partial charge on any atom is -0.462 e. The number of aromatic nitrogens is 1. The van der Waals surface area contributed by atoms with Crippen molar-refractivity contribution in [2.75, 3.05) is 6.61 Å². The van der Waals surface area contributed by atoms with Crippen LogP contribution in [-0.2, 0) is 16.1 Å². The molecule has 162 valence electrons. The van der Waals surface area contributed by atoms with Crippen molar-refractivity contribution in [1.82, 2.24) is 9.88 Å². The Morgan fingerprint density at radius 2 is 1.67 bits per heavy atom. The van der Waals surface area contributed by atoms with Gasteiger partial charge in [-0.1, -0.05) is 62.4 Å². The molecule has 0 radical (unpaired) electrons. The predicted molar refractivity (Wildman–Crippen MR) is 120 cm³/mol. The normalized spacial score (nSPS) is 15.3. The van der Waals surface area contributed by atoms with Gasteiger partial charge in [0.05, 0.1) is 17.9 Å². The summed E-state index contributed by atoms with van der Waals surface area (Å²) in [6.07, 6.45) is 8.26. The second-order valence-electron chi connectivity index (χ2n) is 8.22. The van der Waals surface area contributed by atoms with E-state index in [1.807, 2.05) is 48.7 Å². The molecule has 0 unspecified atom stereocenters. The standard InChI is InChI=1S/C25H34N2O3/c1-4-30-25(29)23-18(2)24(20-13-9-8-10-14-20)27(19(23)3)17-22(28)26-21-15-11-6-5-7-12-16-21/h8-10,13-14,21H,4-7,11-12,15-17H2,1-3H3,(H,26,28). The number of nitrogens with one attached hydrogen (secondary N) is 1. The molecule has 1 aliphatic rings. The van der Waals surface area contributed by atoms with Gasteiger partial charge in [-0.2, -0.15) is 0 Å². The quantitative estimate of drug-likeness (QED) is 0.668. The van der Waals surface area contributed by atoms with Gasteiger partial charge in [-0.15, -0.1) is 0 Å². The van der Waals surface area contributed by atoms with Crippen LogP contribution in [0.3, 0.4) is 0 Å². The largest absolute Gasteiger partial charge is 0.462 e. The maximum Gasteiger partial charge on any atom is 0.340 e. The first-order valence-corrected chi connectivity index (χ1v) is 11.2. The summed E-state index contributed by atoms with van der Waals surface area (Å²) in [7, 11) is 0. The van der Waals surface area contributed by atoms with Gasteiger partial charge in [-0.05, 0) is 44.7 Å². The molecule has 30 heavy (non-hydrogen) atoms. The summed E-state index contributed by atoms with van der Waals surface area (Å²) in [6.45, 7) is 6.16. The zero-order valence-electron chi connectivity index (χ0n) is 18.5. The molecule has 2 aromatic rings. The Balaban J connectivity index is 1.89. The highest BCUT2D eigenvalue weighted by atomic mass is 16.5. The molecule has 0 bridgehead atoms. The molecular formula is C25H34N2O3. The van der Waals surface area contributed by atoms with E-state index >= 15 is 0 Å². The molecule has 1 aromatic carbocycles. The minimum atomic E-state index is -0.330. The highest BCUT2D eigenvalue weighted by Gasteiger charge is 2.25. The van der Waals surface area contributed by atoms with Crippen LogP contribution in [0.4, 0.5) is 0 Å². The Morgan fingerprint density at radius 3 is 2.30 bits per heavy atom. The Labute approximate surface area is 179 Å². The number of carbonyl (C=O) groups is 2. The number of amides is 1. The van der Waals surface area contributed by atoms with Crippen LogP contribution in [0.2, 0.25) is 0 Å². The maximum absolute atomic E-state index is 13.0. The van der Waals surface area contributed by atoms with Gasteiger partial charge in [0, 0.05) is 11.7 Å². The molecule has 3 rings (SSSR count). The summed E-state index contributed by atoms with van der Waals surface area (Å²) in [5.74, 6) is -0.324. The lowest BCUT2D eigenvalue weighted by Gasteiger charge is -2.22. The predicted octanol–water partition coefficient (Wildman–Crippen LogP) is 5.18. The van der Waals surface area contributed by atoms with Crippen LogP contribution >= 0.6 is 0 Å². The summed E-state index contributed by atoms with van der Waals surface area (Å²) in [5.41, 5.74) is 4.10. The van der Waals surface area contributed by atoms with Gasteiger partial charge in [0.1, 0.15) is 6.54 Å². The van der Waals surface area contributed by atoms with Gasteiger partial charge < -0.3 is 14.6 Å². The molecule has 1 amide bonds. The van der Waals surface area contributed by atoms with Crippen LogP contribution in [0.15, 0.2) is 30.3 Å². The van der Waals surface area contributed by atoms with Gasteiger partial charge in [-0.25, -0.2) is 4.79 Å². The van der Waals surface area contributed by atoms with Crippen LogP contribution in [-0.4, -0.2) is 29.1 Å². The van der Waals surface area contributed by atoms with Crippen molar-refractivity contribution in [3.63, 3.8) is 0 Å². The molecule has 0 atom stereocenters. The molecular weight excluding hydrogens is 376 g/mol. The maximum atomic E-state index is 13.0. The third kappa shape index (κ3) is 5.13. The molecule has 1 saturated carbocycles. The van der Waals surface area contributed by atoms with E-state index in [2.05, 4.69) is 5.32 Å². The smallest absolute Gasteiger partial charge is 0.340 e. The van der Waals surface area contributed by atoms with Crippen molar-refractivity contribution < 1.29 is 14.3 Å². The fraction of sp³-hybridized carbons (Fsp3) is 0.520. The first-order valence-electron chi connectivity index (χ1n) is 11.2. The van der Waals surface area contributed by atoms with Gasteiger partial charge >= 0.3 is 5.97 Å². The number of benzene rings is 1. The van der Waals surface area contributed by atoms with E-state index in [0.717, 1.165) is 35.4 Å². The monoisotopic (exact) mass is 410 g/mol. The number of ether oxygens (including phenoxy) is 1. The number of esters is 1. The number of nitrogens with zero attached hydrogens (tertiary/aromatic N) is 1. The molecule has 5 heteroatoms. The Morgan fingerprint density at radius 1 is 1.03 bits per heavy atom. The second kappa shape index (κ2) is 10.5. The van der Waals surface area contributed by atoms with Gasteiger partial charge in [0.25, 0.3) is 0 Å². The fourth-order valence-electron chi connectivity index (χ4n) is 4.58. The number of carbonyl (C=O) groups excluding carboxylic acids is 2. The third-order valence-electron chi connectivity index (χ3n) is 6.07. The van der Waals surface area contributed by atoms with Crippen molar-refractivity contribution in [3.8, 4) is 11.3 Å². The Kier molecular flexibility index (Phi) is 7.72. The molecule has 0 aliphatic heterocycles. The van der Waals surface area contributed by atoms with Gasteiger partial charge in [-0.3, -0.25) is 4.79 Å². The van der Waals surface area contributed by atoms with Crippen molar-refractivity contribution in [2.45, 2.75) is 78.3 Å². The Hall–Kier alpha value is -2.56.